The molecule has 30 heavy (non-hydrogen) atoms. The van der Waals surface area contributed by atoms with Gasteiger partial charge in [-0.05, 0) is 41.8 Å². The van der Waals surface area contributed by atoms with Crippen LogP contribution in [0.1, 0.15) is 24.5 Å². The minimum atomic E-state index is -0.310. The van der Waals surface area contributed by atoms with E-state index in [2.05, 4.69) is 59.6 Å². The van der Waals surface area contributed by atoms with Gasteiger partial charge in [0.15, 0.2) is 0 Å². The second-order valence-electron chi connectivity index (χ2n) is 7.84. The maximum absolute atomic E-state index is 13.4. The first kappa shape index (κ1) is 20.6. The van der Waals surface area contributed by atoms with Crippen molar-refractivity contribution in [3.05, 3.63) is 55.9 Å². The van der Waals surface area contributed by atoms with E-state index in [1.54, 1.807) is 11.3 Å². The van der Waals surface area contributed by atoms with Gasteiger partial charge < -0.3 is 10.1 Å². The molecule has 0 aliphatic heterocycles. The Bertz CT molecular complexity index is 1270. The molecule has 2 aromatic heterocycles. The van der Waals surface area contributed by atoms with Gasteiger partial charge in [0.2, 0.25) is 0 Å². The van der Waals surface area contributed by atoms with E-state index in [1.165, 1.54) is 28.3 Å². The van der Waals surface area contributed by atoms with Crippen molar-refractivity contribution in [1.82, 2.24) is 14.5 Å². The number of benzene rings is 1. The molecule has 0 radical (unpaired) electrons. The highest BCUT2D eigenvalue weighted by Crippen LogP contribution is 2.28. The second-order valence-corrected chi connectivity index (χ2v) is 8.75. The van der Waals surface area contributed by atoms with Crippen LogP contribution in [0.5, 0.6) is 0 Å². The number of aryl methyl sites for hydroxylation is 1. The molecule has 0 amide bonds. The Morgan fingerprint density at radius 3 is 2.93 bits per heavy atom. The number of hydrogen-bond acceptors (Lipinski definition) is 5. The topological polar surface area (TPSA) is 65.3 Å². The van der Waals surface area contributed by atoms with Crippen LogP contribution in [0, 0.1) is 12.8 Å². The van der Waals surface area contributed by atoms with Gasteiger partial charge in [0.1, 0.15) is 0 Å². The Morgan fingerprint density at radius 1 is 1.30 bits per heavy atom. The predicted octanol–water partition coefficient (Wildman–Crippen LogP) is 1.58. The number of hydrogen-bond donors (Lipinski definition) is 1. The van der Waals surface area contributed by atoms with Gasteiger partial charge in [0.05, 0.1) is 30.9 Å². The number of aromatic nitrogens is 2. The molecule has 2 heterocycles. The zero-order valence-corrected chi connectivity index (χ0v) is 18.4. The molecule has 1 N–H and O–H groups in total. The monoisotopic (exact) mass is 425 g/mol. The van der Waals surface area contributed by atoms with E-state index in [1.807, 2.05) is 9.13 Å². The molecule has 7 heteroatoms. The molecule has 158 valence electrons. The molecule has 1 atom stereocenters. The lowest BCUT2D eigenvalue weighted by Crippen LogP contribution is -2.38. The number of carbonyl (C=O) groups is 1. The summed E-state index contributed by atoms with van der Waals surface area (Å²) in [6.45, 7) is 6.01. The fraction of sp³-hybridized carbons (Fsp3) is 0.391. The third kappa shape index (κ3) is 3.87. The molecule has 0 spiro atoms. The average molecular weight is 426 g/mol. The van der Waals surface area contributed by atoms with Crippen LogP contribution >= 0.6 is 11.3 Å². The third-order valence-corrected chi connectivity index (χ3v) is 6.65. The molecule has 6 nitrogen and oxygen atoms in total. The quantitative estimate of drug-likeness (QED) is 0.461. The van der Waals surface area contributed by atoms with E-state index in [4.69, 9.17) is 0 Å². The number of carbonyl (C=O) groups excluding carboxylic acids is 1. The maximum atomic E-state index is 13.4. The van der Waals surface area contributed by atoms with Gasteiger partial charge in [-0.2, -0.15) is 0 Å². The highest BCUT2D eigenvalue weighted by atomic mass is 32.1. The normalized spacial score (nSPS) is 15.5. The van der Waals surface area contributed by atoms with Crippen molar-refractivity contribution >= 4 is 39.5 Å². The van der Waals surface area contributed by atoms with E-state index in [0.29, 0.717) is 25.6 Å². The molecular weight excluding hydrogens is 398 g/mol. The summed E-state index contributed by atoms with van der Waals surface area (Å²) in [7, 11) is 1.37. The molecule has 0 saturated heterocycles. The van der Waals surface area contributed by atoms with Gasteiger partial charge >= 0.3 is 11.7 Å². The van der Waals surface area contributed by atoms with Crippen molar-refractivity contribution in [3.8, 4) is 0 Å². The summed E-state index contributed by atoms with van der Waals surface area (Å²) < 4.78 is 9.63. The molecule has 4 rings (SSSR count). The maximum Gasteiger partial charge on any atom is 0.329 e. The van der Waals surface area contributed by atoms with Gasteiger partial charge in [0, 0.05) is 23.2 Å². The number of fused-ring (bicyclic) bond motifs is 2. The van der Waals surface area contributed by atoms with Crippen LogP contribution in [0.25, 0.3) is 22.2 Å². The van der Waals surface area contributed by atoms with Crippen LogP contribution in [0.15, 0.2) is 28.4 Å². The summed E-state index contributed by atoms with van der Waals surface area (Å²) in [5.41, 5.74) is 2.42. The zero-order valence-electron chi connectivity index (χ0n) is 17.6. The number of esters is 1. The van der Waals surface area contributed by atoms with E-state index < -0.39 is 0 Å². The Balaban J connectivity index is 1.70. The fourth-order valence-corrected chi connectivity index (χ4v) is 5.14. The molecule has 0 bridgehead atoms. The summed E-state index contributed by atoms with van der Waals surface area (Å²) in [6.07, 6.45) is 5.30. The minimum Gasteiger partial charge on any atom is -0.468 e. The Labute approximate surface area is 179 Å². The van der Waals surface area contributed by atoms with Crippen LogP contribution < -0.4 is 21.7 Å². The molecule has 1 aliphatic carbocycles. The van der Waals surface area contributed by atoms with Crippen molar-refractivity contribution in [2.24, 2.45) is 5.92 Å². The van der Waals surface area contributed by atoms with E-state index in [0.717, 1.165) is 17.1 Å². The van der Waals surface area contributed by atoms with Crippen LogP contribution in [-0.4, -0.2) is 35.3 Å². The summed E-state index contributed by atoms with van der Waals surface area (Å²) in [4.78, 5) is 24.7. The molecule has 3 aromatic rings. The van der Waals surface area contributed by atoms with Gasteiger partial charge in [-0.25, -0.2) is 4.79 Å². The first-order valence-electron chi connectivity index (χ1n) is 10.2. The number of thiophene rings is 1. The second kappa shape index (κ2) is 8.62. The number of nitrogens with zero attached hydrogens (tertiary/aromatic N) is 2. The van der Waals surface area contributed by atoms with Crippen molar-refractivity contribution < 1.29 is 9.53 Å². The average Bonchev–Trinajstić information content (AvgIpc) is 3.26. The first-order valence-corrected chi connectivity index (χ1v) is 11.1. The predicted molar refractivity (Wildman–Crippen MR) is 121 cm³/mol. The van der Waals surface area contributed by atoms with Crippen molar-refractivity contribution in [2.75, 3.05) is 20.2 Å². The minimum absolute atomic E-state index is 0.00518. The van der Waals surface area contributed by atoms with E-state index >= 15 is 0 Å². The zero-order chi connectivity index (χ0) is 21.3. The number of rotatable bonds is 7. The molecular formula is C23H27N3O3S. The van der Waals surface area contributed by atoms with Gasteiger partial charge in [-0.3, -0.25) is 13.9 Å². The molecule has 0 saturated carbocycles. The molecule has 1 aromatic carbocycles. The third-order valence-electron chi connectivity index (χ3n) is 5.65. The number of ether oxygens (including phenoxy) is 1. The Morgan fingerprint density at radius 2 is 2.13 bits per heavy atom. The fourth-order valence-electron chi connectivity index (χ4n) is 4.11. The number of methoxy groups -OCH3 is 1. The smallest absolute Gasteiger partial charge is 0.329 e. The molecule has 1 aliphatic rings. The van der Waals surface area contributed by atoms with E-state index in [-0.39, 0.29) is 18.2 Å². The highest BCUT2D eigenvalue weighted by Gasteiger charge is 2.16. The Hall–Kier alpha value is -2.64. The lowest BCUT2D eigenvalue weighted by Gasteiger charge is -2.08. The summed E-state index contributed by atoms with van der Waals surface area (Å²) >= 11 is 1.73. The molecule has 0 fully saturated rings. The lowest BCUT2D eigenvalue weighted by atomic mass is 10.0. The van der Waals surface area contributed by atoms with Crippen LogP contribution in [0.3, 0.4) is 0 Å². The SMILES string of the molecule is COC(=O)CNCCn1c2c(n(Cc3csc4cccc(C)c34)c1=O)=CCC(C)C=2. The number of nitrogens with one attached hydrogen (secondary N) is 1. The summed E-state index contributed by atoms with van der Waals surface area (Å²) in [5.74, 6) is 0.0846. The van der Waals surface area contributed by atoms with Crippen LogP contribution in [-0.2, 0) is 22.6 Å². The van der Waals surface area contributed by atoms with Crippen LogP contribution in [0.4, 0.5) is 0 Å². The van der Waals surface area contributed by atoms with Gasteiger partial charge in [0.25, 0.3) is 0 Å². The number of imidazole rings is 1. The van der Waals surface area contributed by atoms with Gasteiger partial charge in [-0.1, -0.05) is 31.2 Å². The largest absolute Gasteiger partial charge is 0.468 e. The molecule has 1 unspecified atom stereocenters. The van der Waals surface area contributed by atoms with E-state index in [9.17, 15) is 9.59 Å². The standard InChI is InChI=1S/C23H27N3O3S/c1-15-7-8-18-19(11-15)25(10-9-24-12-21(27)29-3)23(28)26(18)13-17-14-30-20-6-4-5-16(2)22(17)20/h4-6,8,11,14-15,24H,7,9-10,12-13H2,1-3H3. The Kier molecular flexibility index (Phi) is 5.92. The summed E-state index contributed by atoms with van der Waals surface area (Å²) in [5, 5.41) is 8.45. The highest BCUT2D eigenvalue weighted by molar-refractivity contribution is 7.17. The van der Waals surface area contributed by atoms with Gasteiger partial charge in [-0.15, -0.1) is 11.3 Å². The van der Waals surface area contributed by atoms with Crippen molar-refractivity contribution in [3.63, 3.8) is 0 Å². The van der Waals surface area contributed by atoms with Crippen molar-refractivity contribution in [1.29, 1.82) is 0 Å². The lowest BCUT2D eigenvalue weighted by molar-refractivity contribution is -0.139. The van der Waals surface area contributed by atoms with Crippen LogP contribution in [0.2, 0.25) is 0 Å². The summed E-state index contributed by atoms with van der Waals surface area (Å²) in [6, 6.07) is 6.33. The van der Waals surface area contributed by atoms with Crippen molar-refractivity contribution in [2.45, 2.75) is 33.4 Å². The first-order chi connectivity index (χ1) is 14.5.